The van der Waals surface area contributed by atoms with Gasteiger partial charge in [0.05, 0.1) is 26.2 Å². The van der Waals surface area contributed by atoms with Crippen molar-refractivity contribution in [3.8, 4) is 0 Å². The van der Waals surface area contributed by atoms with Gasteiger partial charge in [0.25, 0.3) is 0 Å². The lowest BCUT2D eigenvalue weighted by atomic mass is 10.0. The van der Waals surface area contributed by atoms with Gasteiger partial charge < -0.3 is 15.4 Å². The van der Waals surface area contributed by atoms with Crippen molar-refractivity contribution in [2.24, 2.45) is 10.9 Å². The van der Waals surface area contributed by atoms with Crippen LogP contribution in [-0.2, 0) is 4.74 Å². The van der Waals surface area contributed by atoms with Crippen LogP contribution in [0.5, 0.6) is 0 Å². The van der Waals surface area contributed by atoms with E-state index in [1.54, 1.807) is 0 Å². The van der Waals surface area contributed by atoms with Gasteiger partial charge in [0.15, 0.2) is 5.96 Å². The first kappa shape index (κ1) is 20.0. The molecule has 0 amide bonds. The van der Waals surface area contributed by atoms with Gasteiger partial charge in [-0.25, -0.2) is 0 Å². The quantitative estimate of drug-likeness (QED) is 0.549. The Kier molecular flexibility index (Phi) is 8.68. The maximum atomic E-state index is 12.2. The van der Waals surface area contributed by atoms with Crippen LogP contribution in [0, 0.1) is 5.92 Å². The van der Waals surface area contributed by atoms with Crippen molar-refractivity contribution in [2.45, 2.75) is 39.4 Å². The van der Waals surface area contributed by atoms with E-state index in [1.807, 2.05) is 6.92 Å². The first-order chi connectivity index (χ1) is 10.8. The molecule has 0 radical (unpaired) electrons. The van der Waals surface area contributed by atoms with Gasteiger partial charge in [0, 0.05) is 32.2 Å². The van der Waals surface area contributed by atoms with Gasteiger partial charge in [-0.15, -0.1) is 0 Å². The molecule has 23 heavy (non-hydrogen) atoms. The number of ether oxygens (including phenoxy) is 1. The second kappa shape index (κ2) is 9.97. The minimum atomic E-state index is -4.15. The molecule has 5 nitrogen and oxygen atoms in total. The molecule has 1 unspecified atom stereocenters. The highest BCUT2D eigenvalue weighted by Crippen LogP contribution is 2.18. The normalized spacial score (nSPS) is 19.0. The Labute approximate surface area is 136 Å². The number of hydrogen-bond acceptors (Lipinski definition) is 3. The van der Waals surface area contributed by atoms with Crippen LogP contribution < -0.4 is 10.6 Å². The van der Waals surface area contributed by atoms with Gasteiger partial charge >= 0.3 is 6.18 Å². The molecule has 0 aromatic rings. The number of halogens is 3. The number of morpholine rings is 1. The maximum Gasteiger partial charge on any atom is 0.390 e. The van der Waals surface area contributed by atoms with Crippen molar-refractivity contribution in [2.75, 3.05) is 45.9 Å². The van der Waals surface area contributed by atoms with E-state index in [4.69, 9.17) is 4.74 Å². The van der Waals surface area contributed by atoms with E-state index in [0.717, 1.165) is 26.3 Å². The van der Waals surface area contributed by atoms with E-state index in [0.29, 0.717) is 25.0 Å². The van der Waals surface area contributed by atoms with Crippen molar-refractivity contribution in [1.29, 1.82) is 0 Å². The first-order valence-corrected chi connectivity index (χ1v) is 8.24. The smallest absolute Gasteiger partial charge is 0.379 e. The number of alkyl halides is 3. The summed E-state index contributed by atoms with van der Waals surface area (Å²) >= 11 is 0. The molecule has 136 valence electrons. The first-order valence-electron chi connectivity index (χ1n) is 8.24. The maximum absolute atomic E-state index is 12.2. The summed E-state index contributed by atoms with van der Waals surface area (Å²) in [5, 5.41) is 5.74. The molecule has 0 aliphatic carbocycles. The fourth-order valence-corrected chi connectivity index (χ4v) is 2.51. The molecule has 1 atom stereocenters. The molecule has 0 bridgehead atoms. The molecule has 1 fully saturated rings. The Balaban J connectivity index is 2.57. The average Bonchev–Trinajstić information content (AvgIpc) is 2.47. The van der Waals surface area contributed by atoms with Crippen molar-refractivity contribution in [3.63, 3.8) is 0 Å². The summed E-state index contributed by atoms with van der Waals surface area (Å²) in [5.74, 6) is 0.852. The molecule has 1 rings (SSSR count). The molecule has 2 N–H and O–H groups in total. The highest BCUT2D eigenvalue weighted by molar-refractivity contribution is 5.79. The minimum Gasteiger partial charge on any atom is -0.379 e. The molecule has 1 aliphatic heterocycles. The molecule has 0 aromatic heterocycles. The summed E-state index contributed by atoms with van der Waals surface area (Å²) in [6.45, 7) is 10.3. The SMILES string of the molecule is CCNC(=NCC(C(C)C)N1CCOCC1)NCCC(F)(F)F. The van der Waals surface area contributed by atoms with E-state index in [2.05, 4.69) is 34.4 Å². The Bertz CT molecular complexity index is 355. The third-order valence-corrected chi connectivity index (χ3v) is 3.77. The molecule has 0 aromatic carbocycles. The predicted molar refractivity (Wildman–Crippen MR) is 85.7 cm³/mol. The Morgan fingerprint density at radius 3 is 2.39 bits per heavy atom. The van der Waals surface area contributed by atoms with Gasteiger partial charge in [-0.1, -0.05) is 13.8 Å². The Morgan fingerprint density at radius 1 is 1.22 bits per heavy atom. The van der Waals surface area contributed by atoms with Crippen molar-refractivity contribution in [3.05, 3.63) is 0 Å². The lowest BCUT2D eigenvalue weighted by Crippen LogP contribution is -2.48. The summed E-state index contributed by atoms with van der Waals surface area (Å²) in [6.07, 6.45) is -5.02. The van der Waals surface area contributed by atoms with Gasteiger partial charge in [-0.3, -0.25) is 9.89 Å². The zero-order valence-corrected chi connectivity index (χ0v) is 14.2. The summed E-state index contributed by atoms with van der Waals surface area (Å²) in [6, 6.07) is 0.261. The van der Waals surface area contributed by atoms with Crippen molar-refractivity contribution >= 4 is 5.96 Å². The molecule has 0 spiro atoms. The average molecular weight is 338 g/mol. The highest BCUT2D eigenvalue weighted by atomic mass is 19.4. The largest absolute Gasteiger partial charge is 0.390 e. The van der Waals surface area contributed by atoms with E-state index in [9.17, 15) is 13.2 Å². The zero-order valence-electron chi connectivity index (χ0n) is 14.2. The molecule has 1 aliphatic rings. The summed E-state index contributed by atoms with van der Waals surface area (Å²) in [7, 11) is 0. The monoisotopic (exact) mass is 338 g/mol. The molecule has 1 heterocycles. The molecule has 0 saturated carbocycles. The van der Waals surface area contributed by atoms with Crippen LogP contribution >= 0.6 is 0 Å². The summed E-state index contributed by atoms with van der Waals surface area (Å²) in [5.41, 5.74) is 0. The summed E-state index contributed by atoms with van der Waals surface area (Å²) < 4.78 is 42.1. The van der Waals surface area contributed by atoms with Gasteiger partial charge in [0.1, 0.15) is 0 Å². The van der Waals surface area contributed by atoms with Crippen LogP contribution in [0.3, 0.4) is 0 Å². The van der Waals surface area contributed by atoms with Crippen molar-refractivity contribution in [1.82, 2.24) is 15.5 Å². The van der Waals surface area contributed by atoms with E-state index >= 15 is 0 Å². The lowest BCUT2D eigenvalue weighted by Gasteiger charge is -2.36. The van der Waals surface area contributed by atoms with Crippen LogP contribution in [0.15, 0.2) is 4.99 Å². The van der Waals surface area contributed by atoms with Crippen LogP contribution in [0.4, 0.5) is 13.2 Å². The van der Waals surface area contributed by atoms with E-state index in [-0.39, 0.29) is 12.6 Å². The number of hydrogen-bond donors (Lipinski definition) is 2. The number of aliphatic imine (C=N–C) groups is 1. The van der Waals surface area contributed by atoms with E-state index < -0.39 is 12.6 Å². The molecular weight excluding hydrogens is 309 g/mol. The van der Waals surface area contributed by atoms with Gasteiger partial charge in [-0.05, 0) is 12.8 Å². The highest BCUT2D eigenvalue weighted by Gasteiger charge is 2.26. The lowest BCUT2D eigenvalue weighted by molar-refractivity contribution is -0.132. The topological polar surface area (TPSA) is 48.9 Å². The van der Waals surface area contributed by atoms with Gasteiger partial charge in [0.2, 0.25) is 0 Å². The van der Waals surface area contributed by atoms with Crippen LogP contribution in [0.2, 0.25) is 0 Å². The van der Waals surface area contributed by atoms with Crippen molar-refractivity contribution < 1.29 is 17.9 Å². The van der Waals surface area contributed by atoms with Crippen LogP contribution in [-0.4, -0.2) is 69.0 Å². The number of guanidine groups is 1. The molecular formula is C15H29F3N4O. The van der Waals surface area contributed by atoms with Crippen LogP contribution in [0.25, 0.3) is 0 Å². The number of rotatable bonds is 7. The minimum absolute atomic E-state index is 0.167. The zero-order chi connectivity index (χ0) is 17.3. The Hall–Kier alpha value is -1.02. The van der Waals surface area contributed by atoms with Gasteiger partial charge in [-0.2, -0.15) is 13.2 Å². The molecule has 8 heteroatoms. The molecule has 1 saturated heterocycles. The summed E-state index contributed by atoms with van der Waals surface area (Å²) in [4.78, 5) is 6.82. The standard InChI is InChI=1S/C15H29F3N4O/c1-4-19-14(20-6-5-15(16,17)18)21-11-13(12(2)3)22-7-9-23-10-8-22/h12-13H,4-11H2,1-3H3,(H2,19,20,21). The fraction of sp³-hybridized carbons (Fsp3) is 0.933. The second-order valence-corrected chi connectivity index (χ2v) is 5.97. The predicted octanol–water partition coefficient (Wildman–Crippen LogP) is 1.85. The Morgan fingerprint density at radius 2 is 1.87 bits per heavy atom. The second-order valence-electron chi connectivity index (χ2n) is 5.97. The van der Waals surface area contributed by atoms with E-state index in [1.165, 1.54) is 0 Å². The number of nitrogens with zero attached hydrogens (tertiary/aromatic N) is 2. The third-order valence-electron chi connectivity index (χ3n) is 3.77. The third kappa shape index (κ3) is 8.41. The number of nitrogens with one attached hydrogen (secondary N) is 2. The van der Waals surface area contributed by atoms with Crippen LogP contribution in [0.1, 0.15) is 27.2 Å². The fourth-order valence-electron chi connectivity index (χ4n) is 2.51.